The highest BCUT2D eigenvalue weighted by molar-refractivity contribution is 8.13. The minimum Gasteiger partial charge on any atom is -0.478 e. The zero-order chi connectivity index (χ0) is 27.2. The maximum Gasteiger partial charge on any atom is 0.328 e. The summed E-state index contributed by atoms with van der Waals surface area (Å²) < 4.78 is 18.7. The van der Waals surface area contributed by atoms with E-state index in [1.165, 1.54) is 17.7 Å². The fraction of sp³-hybridized carbons (Fsp3) is 0.393. The molecule has 0 bridgehead atoms. The van der Waals surface area contributed by atoms with Crippen LogP contribution in [0.1, 0.15) is 30.4 Å². The molecule has 2 aromatic carbocycles. The third-order valence-corrected chi connectivity index (χ3v) is 7.01. The van der Waals surface area contributed by atoms with Crippen molar-refractivity contribution in [3.8, 4) is 0 Å². The van der Waals surface area contributed by atoms with Crippen molar-refractivity contribution in [2.75, 3.05) is 32.8 Å². The van der Waals surface area contributed by atoms with E-state index < -0.39 is 11.9 Å². The van der Waals surface area contributed by atoms with Crippen molar-refractivity contribution in [2.24, 2.45) is 4.99 Å². The van der Waals surface area contributed by atoms with Gasteiger partial charge in [0.1, 0.15) is 5.82 Å². The number of aliphatic carboxylic acids is 2. The van der Waals surface area contributed by atoms with Crippen LogP contribution in [0.2, 0.25) is 0 Å². The number of hydrogen-bond donors (Lipinski definition) is 3. The molecule has 0 aliphatic carbocycles. The minimum atomic E-state index is -1.26. The summed E-state index contributed by atoms with van der Waals surface area (Å²) in [5.41, 5.74) is 3.55. The number of piperidine rings is 1. The van der Waals surface area contributed by atoms with Crippen molar-refractivity contribution in [1.82, 2.24) is 10.2 Å². The number of amidine groups is 1. The molecule has 0 unspecified atom stereocenters. The number of ether oxygens (including phenoxy) is 1. The average Bonchev–Trinajstić information content (AvgIpc) is 2.92. The van der Waals surface area contributed by atoms with Gasteiger partial charge in [-0.3, -0.25) is 0 Å². The third kappa shape index (κ3) is 11.0. The largest absolute Gasteiger partial charge is 0.478 e. The van der Waals surface area contributed by atoms with E-state index in [0.29, 0.717) is 24.8 Å². The molecule has 0 spiro atoms. The number of carbonyl (C=O) groups is 2. The summed E-state index contributed by atoms with van der Waals surface area (Å²) in [6, 6.07) is 15.6. The molecule has 0 radical (unpaired) electrons. The Hall–Kier alpha value is -3.21. The summed E-state index contributed by atoms with van der Waals surface area (Å²) in [5.74, 6) is -1.70. The molecule has 1 fully saturated rings. The van der Waals surface area contributed by atoms with Crippen molar-refractivity contribution in [2.45, 2.75) is 37.5 Å². The van der Waals surface area contributed by atoms with Crippen LogP contribution in [0, 0.1) is 5.82 Å². The first-order chi connectivity index (χ1) is 18.4. The third-order valence-electron chi connectivity index (χ3n) is 6.07. The van der Waals surface area contributed by atoms with E-state index in [0.717, 1.165) is 74.1 Å². The van der Waals surface area contributed by atoms with Gasteiger partial charge in [0.05, 0.1) is 12.3 Å². The Bertz CT molecular complexity index is 1090. The van der Waals surface area contributed by atoms with Crippen LogP contribution < -0.4 is 5.32 Å². The molecule has 0 atom stereocenters. The molecule has 2 heterocycles. The number of carboxylic acids is 2. The standard InChI is InChI=1S/C24H30FN3OS.C4H4O4/c25-21-8-6-19(7-9-21)12-17-29-16-3-13-28-14-10-22(11-15-28)26-24-27-23-5-2-1-4-20(23)18-30-24;5-3(6)1-2-4(7)8/h1-2,4-9,22H,3,10-18H2,(H,26,27);1-2H,(H,5,6)(H,7,8)/b;2-1+. The van der Waals surface area contributed by atoms with Gasteiger partial charge in [-0.2, -0.15) is 0 Å². The Kier molecular flexibility index (Phi) is 12.3. The number of nitrogens with zero attached hydrogens (tertiary/aromatic N) is 2. The van der Waals surface area contributed by atoms with Gasteiger partial charge in [0.2, 0.25) is 0 Å². The Morgan fingerprint density at radius 2 is 1.74 bits per heavy atom. The highest BCUT2D eigenvalue weighted by Gasteiger charge is 2.21. The molecule has 204 valence electrons. The molecule has 3 N–H and O–H groups in total. The number of hydrogen-bond acceptors (Lipinski definition) is 7. The van der Waals surface area contributed by atoms with Gasteiger partial charge < -0.3 is 25.2 Å². The van der Waals surface area contributed by atoms with Gasteiger partial charge in [-0.1, -0.05) is 42.1 Å². The number of benzene rings is 2. The van der Waals surface area contributed by atoms with Crippen LogP contribution in [-0.4, -0.2) is 71.1 Å². The molecule has 10 heteroatoms. The fourth-order valence-corrected chi connectivity index (χ4v) is 5.00. The Labute approximate surface area is 226 Å². The molecule has 2 aromatic rings. The summed E-state index contributed by atoms with van der Waals surface area (Å²) in [6.45, 7) is 4.82. The average molecular weight is 544 g/mol. The highest BCUT2D eigenvalue weighted by Crippen LogP contribution is 2.30. The first kappa shape index (κ1) is 29.3. The monoisotopic (exact) mass is 543 g/mol. The lowest BCUT2D eigenvalue weighted by atomic mass is 10.1. The Balaban J connectivity index is 0.000000436. The molecule has 0 saturated carbocycles. The lowest BCUT2D eigenvalue weighted by Crippen LogP contribution is -2.44. The molecule has 0 aromatic heterocycles. The Morgan fingerprint density at radius 1 is 1.05 bits per heavy atom. The number of aliphatic imine (C=N–C) groups is 1. The van der Waals surface area contributed by atoms with Crippen LogP contribution >= 0.6 is 11.8 Å². The van der Waals surface area contributed by atoms with Crippen molar-refractivity contribution in [3.63, 3.8) is 0 Å². The number of carboxylic acid groups (broad SMARTS) is 2. The van der Waals surface area contributed by atoms with E-state index in [9.17, 15) is 14.0 Å². The van der Waals surface area contributed by atoms with Gasteiger partial charge in [-0.05, 0) is 55.0 Å². The lowest BCUT2D eigenvalue weighted by molar-refractivity contribution is -0.134. The zero-order valence-corrected chi connectivity index (χ0v) is 22.0. The second-order valence-electron chi connectivity index (χ2n) is 8.95. The molecule has 4 rings (SSSR count). The van der Waals surface area contributed by atoms with Crippen LogP contribution in [-0.2, 0) is 26.5 Å². The van der Waals surface area contributed by atoms with Crippen molar-refractivity contribution in [1.29, 1.82) is 0 Å². The lowest BCUT2D eigenvalue weighted by Gasteiger charge is -2.33. The van der Waals surface area contributed by atoms with Gasteiger partial charge in [0.15, 0.2) is 5.17 Å². The van der Waals surface area contributed by atoms with Crippen molar-refractivity contribution >= 4 is 34.6 Å². The topological polar surface area (TPSA) is 111 Å². The Morgan fingerprint density at radius 3 is 2.42 bits per heavy atom. The number of fused-ring (bicyclic) bond motifs is 1. The smallest absolute Gasteiger partial charge is 0.328 e. The molecule has 2 aliphatic heterocycles. The predicted octanol–water partition coefficient (Wildman–Crippen LogP) is 4.48. The fourth-order valence-electron chi connectivity index (χ4n) is 4.06. The van der Waals surface area contributed by atoms with E-state index in [4.69, 9.17) is 19.9 Å². The number of para-hydroxylation sites is 1. The van der Waals surface area contributed by atoms with E-state index >= 15 is 0 Å². The zero-order valence-electron chi connectivity index (χ0n) is 21.2. The molecule has 1 saturated heterocycles. The van der Waals surface area contributed by atoms with Crippen LogP contribution in [0.4, 0.5) is 10.1 Å². The summed E-state index contributed by atoms with van der Waals surface area (Å²) in [4.78, 5) is 26.4. The quantitative estimate of drug-likeness (QED) is 0.297. The van der Waals surface area contributed by atoms with Crippen LogP contribution in [0.5, 0.6) is 0 Å². The molecule has 0 amide bonds. The molecule has 8 nitrogen and oxygen atoms in total. The molecular weight excluding hydrogens is 509 g/mol. The second kappa shape index (κ2) is 15.9. The van der Waals surface area contributed by atoms with Gasteiger partial charge in [0.25, 0.3) is 0 Å². The number of thioether (sulfide) groups is 1. The minimum absolute atomic E-state index is 0.186. The highest BCUT2D eigenvalue weighted by atomic mass is 32.2. The number of likely N-dealkylation sites (tertiary alicyclic amines) is 1. The molecule has 38 heavy (non-hydrogen) atoms. The van der Waals surface area contributed by atoms with E-state index in [1.54, 1.807) is 0 Å². The van der Waals surface area contributed by atoms with Crippen LogP contribution in [0.3, 0.4) is 0 Å². The van der Waals surface area contributed by atoms with Crippen LogP contribution in [0.15, 0.2) is 65.7 Å². The molecular formula is C28H34FN3O5S. The summed E-state index contributed by atoms with van der Waals surface area (Å²) in [5, 5.41) is 20.4. The van der Waals surface area contributed by atoms with Gasteiger partial charge in [-0.15, -0.1) is 0 Å². The normalized spacial score (nSPS) is 15.8. The van der Waals surface area contributed by atoms with Gasteiger partial charge >= 0.3 is 11.9 Å². The van der Waals surface area contributed by atoms with Crippen molar-refractivity contribution in [3.05, 3.63) is 77.6 Å². The van der Waals surface area contributed by atoms with Crippen molar-refractivity contribution < 1.29 is 28.9 Å². The van der Waals surface area contributed by atoms with Gasteiger partial charge in [-0.25, -0.2) is 19.0 Å². The maximum atomic E-state index is 12.9. The van der Waals surface area contributed by atoms with E-state index in [2.05, 4.69) is 34.5 Å². The molecule has 2 aliphatic rings. The van der Waals surface area contributed by atoms with Gasteiger partial charge in [0, 0.05) is 50.2 Å². The SMILES string of the molecule is Fc1ccc(CCOCCCN2CCC(NC3=Nc4ccccc4CS3)CC2)cc1.O=C(O)/C=C/C(=O)O. The van der Waals surface area contributed by atoms with E-state index in [-0.39, 0.29) is 5.82 Å². The number of rotatable bonds is 10. The summed E-state index contributed by atoms with van der Waals surface area (Å²) in [6.07, 6.45) is 5.33. The summed E-state index contributed by atoms with van der Waals surface area (Å²) in [7, 11) is 0. The van der Waals surface area contributed by atoms with Crippen LogP contribution in [0.25, 0.3) is 0 Å². The first-order valence-corrected chi connectivity index (χ1v) is 13.6. The second-order valence-corrected chi connectivity index (χ2v) is 9.91. The first-order valence-electron chi connectivity index (χ1n) is 12.6. The predicted molar refractivity (Wildman–Crippen MR) is 147 cm³/mol. The van der Waals surface area contributed by atoms with E-state index in [1.807, 2.05) is 23.9 Å². The number of halogens is 1. The summed E-state index contributed by atoms with van der Waals surface area (Å²) >= 11 is 1.81. The maximum absolute atomic E-state index is 12.9. The number of nitrogens with one attached hydrogen (secondary N) is 1.